The van der Waals surface area contributed by atoms with Crippen molar-refractivity contribution in [1.29, 1.82) is 0 Å². The zero-order chi connectivity index (χ0) is 6.97. The van der Waals surface area contributed by atoms with E-state index in [1.165, 1.54) is 6.07 Å². The Labute approximate surface area is 62.1 Å². The average molecular weight is 153 g/mol. The zero-order valence-electron chi connectivity index (χ0n) is 5.20. The number of hydrogen-bond donors (Lipinski definition) is 0. The molecule has 0 atom stereocenters. The fraction of sp³-hybridized carbons (Fsp3) is 0.333. The Balaban J connectivity index is 2.70. The molecule has 0 saturated carbocycles. The van der Waals surface area contributed by atoms with Gasteiger partial charge in [0.05, 0.1) is 6.20 Å². The maximum atomic E-state index is 11.0. The third kappa shape index (κ3) is 0.759. The molecule has 1 aromatic heterocycles. The van der Waals surface area contributed by atoms with Crippen LogP contribution in [0.25, 0.3) is 0 Å². The molecule has 2 heterocycles. The van der Waals surface area contributed by atoms with Gasteiger partial charge in [0.25, 0.3) is 5.56 Å². The Morgan fingerprint density at radius 3 is 3.50 bits per heavy atom. The number of thioether (sulfide) groups is 1. The quantitative estimate of drug-likeness (QED) is 0.498. The first-order valence-corrected chi connectivity index (χ1v) is 3.97. The molecule has 0 aliphatic carbocycles. The summed E-state index contributed by atoms with van der Waals surface area (Å²) < 4.78 is 1.67. The van der Waals surface area contributed by atoms with Crippen LogP contribution in [0, 0.1) is 6.20 Å². The zero-order valence-corrected chi connectivity index (χ0v) is 6.02. The highest BCUT2D eigenvalue weighted by Crippen LogP contribution is 2.19. The highest BCUT2D eigenvalue weighted by atomic mass is 32.2. The third-order valence-electron chi connectivity index (χ3n) is 1.39. The Hall–Kier alpha value is -0.770. The molecule has 1 aliphatic heterocycles. The average Bonchev–Trinajstić information content (AvgIpc) is 2.36. The van der Waals surface area contributed by atoms with Crippen LogP contribution >= 0.6 is 11.8 Å². The summed E-state index contributed by atoms with van der Waals surface area (Å²) in [6.07, 6.45) is 2.56. The SMILES string of the molecule is O=c1c[c]nc2n1CCS2. The second kappa shape index (κ2) is 2.12. The largest absolute Gasteiger partial charge is 0.287 e. The van der Waals surface area contributed by atoms with Gasteiger partial charge < -0.3 is 0 Å². The molecular formula is C6H5N2OS. The Kier molecular flexibility index (Phi) is 1.27. The van der Waals surface area contributed by atoms with E-state index in [0.29, 0.717) is 0 Å². The lowest BCUT2D eigenvalue weighted by atomic mass is 10.6. The maximum Gasteiger partial charge on any atom is 0.254 e. The minimum absolute atomic E-state index is 0.00926. The van der Waals surface area contributed by atoms with Gasteiger partial charge in [-0.3, -0.25) is 9.36 Å². The highest BCUT2D eigenvalue weighted by Gasteiger charge is 2.11. The summed E-state index contributed by atoms with van der Waals surface area (Å²) in [6.45, 7) is 0.792. The fourth-order valence-electron chi connectivity index (χ4n) is 0.920. The number of aromatic nitrogens is 2. The molecule has 0 N–H and O–H groups in total. The molecule has 0 bridgehead atoms. The van der Waals surface area contributed by atoms with Gasteiger partial charge in [-0.05, 0) is 0 Å². The van der Waals surface area contributed by atoms with Crippen LogP contribution in [-0.4, -0.2) is 15.3 Å². The standard InChI is InChI=1S/C6H5N2OS/c9-5-1-2-7-6-8(5)3-4-10-6/h1H,3-4H2. The van der Waals surface area contributed by atoms with Gasteiger partial charge in [0.1, 0.15) is 0 Å². The van der Waals surface area contributed by atoms with Crippen molar-refractivity contribution in [3.05, 3.63) is 22.6 Å². The van der Waals surface area contributed by atoms with Crippen molar-refractivity contribution in [2.24, 2.45) is 0 Å². The molecule has 4 heteroatoms. The Morgan fingerprint density at radius 2 is 2.70 bits per heavy atom. The van der Waals surface area contributed by atoms with E-state index in [9.17, 15) is 4.79 Å². The first kappa shape index (κ1) is 5.97. The molecule has 0 spiro atoms. The first-order chi connectivity index (χ1) is 4.88. The van der Waals surface area contributed by atoms with Crippen LogP contribution in [0.1, 0.15) is 0 Å². The molecule has 3 nitrogen and oxygen atoms in total. The van der Waals surface area contributed by atoms with Gasteiger partial charge in [-0.2, -0.15) is 0 Å². The lowest BCUT2D eigenvalue weighted by molar-refractivity contribution is 0.654. The number of rotatable bonds is 0. The van der Waals surface area contributed by atoms with Crippen molar-refractivity contribution in [2.75, 3.05) is 5.75 Å². The summed E-state index contributed by atoms with van der Waals surface area (Å²) in [5, 5.41) is 0.799. The molecule has 0 fully saturated rings. The third-order valence-corrected chi connectivity index (χ3v) is 2.35. The first-order valence-electron chi connectivity index (χ1n) is 2.98. The normalized spacial score (nSPS) is 15.2. The number of hydrogen-bond acceptors (Lipinski definition) is 3. The van der Waals surface area contributed by atoms with Crippen LogP contribution in [0.5, 0.6) is 0 Å². The smallest absolute Gasteiger partial charge is 0.254 e. The second-order valence-electron chi connectivity index (χ2n) is 2.01. The van der Waals surface area contributed by atoms with Crippen molar-refractivity contribution in [3.63, 3.8) is 0 Å². The van der Waals surface area contributed by atoms with Gasteiger partial charge in [-0.15, -0.1) is 0 Å². The van der Waals surface area contributed by atoms with Gasteiger partial charge in [-0.1, -0.05) is 11.8 Å². The summed E-state index contributed by atoms with van der Waals surface area (Å²) in [4.78, 5) is 14.9. The summed E-state index contributed by atoms with van der Waals surface area (Å²) in [6, 6.07) is 1.37. The topological polar surface area (TPSA) is 34.9 Å². The van der Waals surface area contributed by atoms with Crippen LogP contribution < -0.4 is 5.56 Å². The van der Waals surface area contributed by atoms with E-state index in [2.05, 4.69) is 11.2 Å². The predicted octanol–water partition coefficient (Wildman–Crippen LogP) is 0.149. The van der Waals surface area contributed by atoms with Crippen molar-refractivity contribution in [1.82, 2.24) is 9.55 Å². The molecule has 0 saturated heterocycles. The number of nitrogens with zero attached hydrogens (tertiary/aromatic N) is 2. The van der Waals surface area contributed by atoms with E-state index in [4.69, 9.17) is 0 Å². The van der Waals surface area contributed by atoms with Gasteiger partial charge in [0.15, 0.2) is 5.16 Å². The van der Waals surface area contributed by atoms with Crippen molar-refractivity contribution in [3.8, 4) is 0 Å². The van der Waals surface area contributed by atoms with Gasteiger partial charge >= 0.3 is 0 Å². The van der Waals surface area contributed by atoms with E-state index in [1.54, 1.807) is 16.3 Å². The molecule has 1 aliphatic rings. The minimum atomic E-state index is 0.00926. The molecule has 2 rings (SSSR count). The lowest BCUT2D eigenvalue weighted by Gasteiger charge is -1.95. The van der Waals surface area contributed by atoms with Crippen LogP contribution in [0.3, 0.4) is 0 Å². The lowest BCUT2D eigenvalue weighted by Crippen LogP contribution is -2.18. The van der Waals surface area contributed by atoms with E-state index >= 15 is 0 Å². The Bertz CT molecular complexity index is 307. The minimum Gasteiger partial charge on any atom is -0.287 e. The predicted molar refractivity (Wildman–Crippen MR) is 38.1 cm³/mol. The van der Waals surface area contributed by atoms with E-state index < -0.39 is 0 Å². The van der Waals surface area contributed by atoms with Crippen molar-refractivity contribution < 1.29 is 0 Å². The van der Waals surface area contributed by atoms with Crippen molar-refractivity contribution in [2.45, 2.75) is 11.7 Å². The molecule has 10 heavy (non-hydrogen) atoms. The van der Waals surface area contributed by atoms with E-state index in [-0.39, 0.29) is 5.56 Å². The van der Waals surface area contributed by atoms with Gasteiger partial charge in [0.2, 0.25) is 0 Å². The molecule has 51 valence electrons. The summed E-state index contributed by atoms with van der Waals surface area (Å²) in [5.74, 6) is 0.958. The van der Waals surface area contributed by atoms with E-state index in [0.717, 1.165) is 17.5 Å². The molecule has 0 aromatic carbocycles. The second-order valence-corrected chi connectivity index (χ2v) is 3.07. The molecular weight excluding hydrogens is 148 g/mol. The Morgan fingerprint density at radius 1 is 1.80 bits per heavy atom. The summed E-state index contributed by atoms with van der Waals surface area (Å²) in [5.41, 5.74) is 0.00926. The molecule has 0 amide bonds. The van der Waals surface area contributed by atoms with Crippen LogP contribution in [-0.2, 0) is 6.54 Å². The van der Waals surface area contributed by atoms with Crippen LogP contribution in [0.2, 0.25) is 0 Å². The number of fused-ring (bicyclic) bond motifs is 1. The molecule has 0 unspecified atom stereocenters. The molecule has 1 radical (unpaired) electrons. The van der Waals surface area contributed by atoms with Crippen molar-refractivity contribution >= 4 is 11.8 Å². The summed E-state index contributed by atoms with van der Waals surface area (Å²) >= 11 is 1.60. The van der Waals surface area contributed by atoms with Gasteiger partial charge in [-0.25, -0.2) is 4.98 Å². The molecule has 1 aromatic rings. The monoisotopic (exact) mass is 153 g/mol. The van der Waals surface area contributed by atoms with Crippen LogP contribution in [0.15, 0.2) is 16.0 Å². The maximum absolute atomic E-state index is 11.0. The van der Waals surface area contributed by atoms with E-state index in [1.807, 2.05) is 0 Å². The van der Waals surface area contributed by atoms with Gasteiger partial charge in [0, 0.05) is 18.4 Å². The summed E-state index contributed by atoms with van der Waals surface area (Å²) in [7, 11) is 0. The van der Waals surface area contributed by atoms with Crippen LogP contribution in [0.4, 0.5) is 0 Å². The fourth-order valence-corrected chi connectivity index (χ4v) is 1.83. The highest BCUT2D eigenvalue weighted by molar-refractivity contribution is 7.99.